The lowest BCUT2D eigenvalue weighted by Gasteiger charge is -2.18. The molecule has 0 spiro atoms. The Balaban J connectivity index is 1.89. The van der Waals surface area contributed by atoms with Crippen molar-refractivity contribution < 1.29 is 19.5 Å². The van der Waals surface area contributed by atoms with E-state index < -0.39 is 18.0 Å². The van der Waals surface area contributed by atoms with Crippen LogP contribution in [-0.2, 0) is 17.9 Å². The third-order valence-electron chi connectivity index (χ3n) is 3.98. The first-order valence-corrected chi connectivity index (χ1v) is 8.92. The molecule has 10 heteroatoms. The van der Waals surface area contributed by atoms with Gasteiger partial charge in [0.2, 0.25) is 0 Å². The van der Waals surface area contributed by atoms with E-state index in [1.807, 2.05) is 38.1 Å². The molecular formula is C18H26N6O4. The number of hydrogen-bond donors (Lipinski definition) is 4. The van der Waals surface area contributed by atoms with Gasteiger partial charge in [-0.25, -0.2) is 15.0 Å². The minimum absolute atomic E-state index is 0.146. The number of nitrogens with one attached hydrogen (secondary N) is 3. The molecule has 152 valence electrons. The van der Waals surface area contributed by atoms with Crippen molar-refractivity contribution >= 4 is 11.9 Å². The number of aromatic nitrogens is 3. The van der Waals surface area contributed by atoms with Crippen molar-refractivity contribution in [2.75, 3.05) is 7.11 Å². The highest BCUT2D eigenvalue weighted by atomic mass is 16.5. The second kappa shape index (κ2) is 10.3. The topological polar surface area (TPSA) is 130 Å². The average molecular weight is 390 g/mol. The van der Waals surface area contributed by atoms with Gasteiger partial charge in [0.25, 0.3) is 5.91 Å². The minimum atomic E-state index is -0.828. The molecule has 1 heterocycles. The summed E-state index contributed by atoms with van der Waals surface area (Å²) >= 11 is 0. The maximum absolute atomic E-state index is 12.1. The SMILES string of the molecule is COc1ccccc1Cn1cc(CNC(=O)N[C@@H](CC(C)C)C(=O)NO)nn1. The van der Waals surface area contributed by atoms with E-state index in [4.69, 9.17) is 9.94 Å². The van der Waals surface area contributed by atoms with E-state index >= 15 is 0 Å². The molecule has 2 rings (SSSR count). The minimum Gasteiger partial charge on any atom is -0.496 e. The smallest absolute Gasteiger partial charge is 0.315 e. The number of ether oxygens (including phenoxy) is 1. The number of carbonyl (C=O) groups is 2. The van der Waals surface area contributed by atoms with Crippen LogP contribution in [0.25, 0.3) is 0 Å². The number of amides is 3. The van der Waals surface area contributed by atoms with Crippen LogP contribution in [-0.4, -0.2) is 45.3 Å². The van der Waals surface area contributed by atoms with Gasteiger partial charge in [0, 0.05) is 5.56 Å². The molecule has 0 saturated heterocycles. The molecular weight excluding hydrogens is 364 g/mol. The summed E-state index contributed by atoms with van der Waals surface area (Å²) in [5, 5.41) is 22.0. The number of hydroxylamine groups is 1. The van der Waals surface area contributed by atoms with Crippen LogP contribution in [0.5, 0.6) is 5.75 Å². The molecule has 28 heavy (non-hydrogen) atoms. The zero-order chi connectivity index (χ0) is 20.5. The van der Waals surface area contributed by atoms with Gasteiger partial charge >= 0.3 is 6.03 Å². The van der Waals surface area contributed by atoms with Crippen LogP contribution >= 0.6 is 0 Å². The summed E-state index contributed by atoms with van der Waals surface area (Å²) in [5.74, 6) is 0.263. The summed E-state index contributed by atoms with van der Waals surface area (Å²) in [6, 6.07) is 6.25. The summed E-state index contributed by atoms with van der Waals surface area (Å²) in [4.78, 5) is 23.7. The highest BCUT2D eigenvalue weighted by Gasteiger charge is 2.21. The van der Waals surface area contributed by atoms with Gasteiger partial charge in [-0.05, 0) is 18.4 Å². The molecule has 10 nitrogen and oxygen atoms in total. The van der Waals surface area contributed by atoms with Crippen molar-refractivity contribution in [3.63, 3.8) is 0 Å². The molecule has 0 bridgehead atoms. The Kier molecular flexibility index (Phi) is 7.76. The van der Waals surface area contributed by atoms with Gasteiger partial charge in [-0.15, -0.1) is 5.10 Å². The van der Waals surface area contributed by atoms with Crippen LogP contribution in [0.3, 0.4) is 0 Å². The number of benzene rings is 1. The van der Waals surface area contributed by atoms with Gasteiger partial charge in [-0.2, -0.15) is 0 Å². The van der Waals surface area contributed by atoms with Crippen molar-refractivity contribution in [1.29, 1.82) is 0 Å². The maximum atomic E-state index is 12.1. The van der Waals surface area contributed by atoms with E-state index in [0.717, 1.165) is 11.3 Å². The van der Waals surface area contributed by atoms with Gasteiger partial charge in [-0.1, -0.05) is 37.3 Å². The first-order valence-electron chi connectivity index (χ1n) is 8.92. The summed E-state index contributed by atoms with van der Waals surface area (Å²) in [6.07, 6.45) is 2.12. The molecule has 1 atom stereocenters. The Bertz CT molecular complexity index is 792. The summed E-state index contributed by atoms with van der Waals surface area (Å²) in [6.45, 7) is 4.46. The number of nitrogens with zero attached hydrogens (tertiary/aromatic N) is 3. The lowest BCUT2D eigenvalue weighted by Crippen LogP contribution is -2.49. The van der Waals surface area contributed by atoms with E-state index in [0.29, 0.717) is 18.7 Å². The summed E-state index contributed by atoms with van der Waals surface area (Å²) in [7, 11) is 1.61. The van der Waals surface area contributed by atoms with Crippen LogP contribution in [0.4, 0.5) is 4.79 Å². The third kappa shape index (κ3) is 6.23. The van der Waals surface area contributed by atoms with Crippen LogP contribution < -0.4 is 20.9 Å². The highest BCUT2D eigenvalue weighted by Crippen LogP contribution is 2.18. The van der Waals surface area contributed by atoms with Gasteiger partial charge in [0.15, 0.2) is 0 Å². The molecule has 0 aliphatic carbocycles. The third-order valence-corrected chi connectivity index (χ3v) is 3.98. The normalized spacial score (nSPS) is 11.8. The summed E-state index contributed by atoms with van der Waals surface area (Å²) in [5.41, 5.74) is 3.09. The Hall–Kier alpha value is -3.14. The number of hydrogen-bond acceptors (Lipinski definition) is 6. The van der Waals surface area contributed by atoms with Gasteiger partial charge < -0.3 is 15.4 Å². The fraction of sp³-hybridized carbons (Fsp3) is 0.444. The van der Waals surface area contributed by atoms with Crippen LogP contribution in [0, 0.1) is 5.92 Å². The fourth-order valence-electron chi connectivity index (χ4n) is 2.67. The van der Waals surface area contributed by atoms with E-state index in [2.05, 4.69) is 20.9 Å². The Morgan fingerprint density at radius 3 is 2.71 bits per heavy atom. The van der Waals surface area contributed by atoms with E-state index in [1.54, 1.807) is 23.5 Å². The molecule has 0 radical (unpaired) electrons. The largest absolute Gasteiger partial charge is 0.496 e. The van der Waals surface area contributed by atoms with Crippen LogP contribution in [0.15, 0.2) is 30.5 Å². The first kappa shape index (κ1) is 21.2. The van der Waals surface area contributed by atoms with Gasteiger partial charge in [0.05, 0.1) is 26.4 Å². The molecule has 0 aliphatic heterocycles. The number of carbonyl (C=O) groups excluding carboxylic acids is 2. The zero-order valence-electron chi connectivity index (χ0n) is 16.2. The second-order valence-corrected chi connectivity index (χ2v) is 6.70. The highest BCUT2D eigenvalue weighted by molar-refractivity contribution is 5.86. The molecule has 0 aliphatic rings. The summed E-state index contributed by atoms with van der Waals surface area (Å²) < 4.78 is 6.97. The number of para-hydroxylation sites is 1. The average Bonchev–Trinajstić information content (AvgIpc) is 3.12. The van der Waals surface area contributed by atoms with Crippen LogP contribution in [0.1, 0.15) is 31.5 Å². The van der Waals surface area contributed by atoms with Crippen molar-refractivity contribution in [3.8, 4) is 5.75 Å². The predicted molar refractivity (Wildman–Crippen MR) is 101 cm³/mol. The lowest BCUT2D eigenvalue weighted by atomic mass is 10.0. The monoisotopic (exact) mass is 390 g/mol. The van der Waals surface area contributed by atoms with Crippen molar-refractivity contribution in [3.05, 3.63) is 41.7 Å². The van der Waals surface area contributed by atoms with Gasteiger partial charge in [0.1, 0.15) is 17.5 Å². The van der Waals surface area contributed by atoms with Crippen molar-refractivity contribution in [2.24, 2.45) is 5.92 Å². The van der Waals surface area contributed by atoms with Crippen molar-refractivity contribution in [2.45, 2.75) is 39.4 Å². The van der Waals surface area contributed by atoms with Gasteiger partial charge in [-0.3, -0.25) is 10.0 Å². The molecule has 0 fully saturated rings. The number of rotatable bonds is 9. The molecule has 2 aromatic rings. The quantitative estimate of drug-likeness (QED) is 0.374. The lowest BCUT2D eigenvalue weighted by molar-refractivity contribution is -0.131. The number of methoxy groups -OCH3 is 1. The standard InChI is InChI=1S/C18H26N6O4/c1-12(2)8-15(17(25)22-27)20-18(26)19-9-14-11-24(23-21-14)10-13-6-4-5-7-16(13)28-3/h4-7,11-12,15,27H,8-10H2,1-3H3,(H,22,25)(H2,19,20,26)/t15-/m0/s1. The number of urea groups is 1. The molecule has 3 amide bonds. The molecule has 0 saturated carbocycles. The van der Waals surface area contributed by atoms with E-state index in [-0.39, 0.29) is 12.5 Å². The predicted octanol–water partition coefficient (Wildman–Crippen LogP) is 1.05. The zero-order valence-corrected chi connectivity index (χ0v) is 16.2. The Labute approximate surface area is 163 Å². The van der Waals surface area contributed by atoms with E-state index in [1.165, 1.54) is 0 Å². The van der Waals surface area contributed by atoms with E-state index in [9.17, 15) is 9.59 Å². The van der Waals surface area contributed by atoms with Crippen molar-refractivity contribution in [1.82, 2.24) is 31.1 Å². The molecule has 4 N–H and O–H groups in total. The molecule has 1 aromatic carbocycles. The molecule has 1 aromatic heterocycles. The Morgan fingerprint density at radius 2 is 2.04 bits per heavy atom. The molecule has 0 unspecified atom stereocenters. The second-order valence-electron chi connectivity index (χ2n) is 6.70. The first-order chi connectivity index (χ1) is 13.4. The maximum Gasteiger partial charge on any atom is 0.315 e. The fourth-order valence-corrected chi connectivity index (χ4v) is 2.67. The van der Waals surface area contributed by atoms with Crippen LogP contribution in [0.2, 0.25) is 0 Å². The Morgan fingerprint density at radius 1 is 1.29 bits per heavy atom.